The fourth-order valence-corrected chi connectivity index (χ4v) is 3.32. The van der Waals surface area contributed by atoms with Gasteiger partial charge in [-0.15, -0.1) is 11.3 Å². The Kier molecular flexibility index (Phi) is 5.41. The van der Waals surface area contributed by atoms with Crippen molar-refractivity contribution in [2.24, 2.45) is 0 Å². The zero-order valence-corrected chi connectivity index (χ0v) is 14.7. The van der Waals surface area contributed by atoms with Gasteiger partial charge in [-0.2, -0.15) is 13.2 Å². The van der Waals surface area contributed by atoms with Crippen molar-refractivity contribution in [1.29, 1.82) is 0 Å². The van der Waals surface area contributed by atoms with E-state index in [1.165, 1.54) is 11.3 Å². The molecule has 0 aliphatic carbocycles. The Morgan fingerprint density at radius 1 is 0.852 bits per heavy atom. The molecule has 0 saturated carbocycles. The van der Waals surface area contributed by atoms with Crippen molar-refractivity contribution in [1.82, 2.24) is 5.32 Å². The first kappa shape index (κ1) is 18.8. The number of thiophene rings is 1. The van der Waals surface area contributed by atoms with Crippen LogP contribution in [0.15, 0.2) is 66.7 Å². The van der Waals surface area contributed by atoms with E-state index in [0.717, 1.165) is 29.1 Å². The Bertz CT molecular complexity index is 947. The molecule has 7 heteroatoms. The molecule has 1 N–H and O–H groups in total. The summed E-state index contributed by atoms with van der Waals surface area (Å²) in [5.41, 5.74) is -0.0822. The number of hydrogen-bond acceptors (Lipinski definition) is 3. The average Bonchev–Trinajstić information content (AvgIpc) is 3.14. The molecule has 1 aromatic heterocycles. The Morgan fingerprint density at radius 3 is 2.15 bits per heavy atom. The summed E-state index contributed by atoms with van der Waals surface area (Å²) in [6, 6.07) is 16.3. The van der Waals surface area contributed by atoms with Crippen LogP contribution in [0.25, 0.3) is 0 Å². The van der Waals surface area contributed by atoms with Crippen LogP contribution in [0.4, 0.5) is 13.2 Å². The van der Waals surface area contributed by atoms with Crippen LogP contribution in [0.3, 0.4) is 0 Å². The van der Waals surface area contributed by atoms with Crippen molar-refractivity contribution >= 4 is 23.0 Å². The predicted octanol–water partition coefficient (Wildman–Crippen LogP) is 4.93. The highest BCUT2D eigenvalue weighted by molar-refractivity contribution is 7.14. The Hall–Kier alpha value is -2.93. The number of alkyl halides is 3. The number of amides is 1. The number of nitrogens with one attached hydrogen (secondary N) is 1. The average molecular weight is 389 g/mol. The van der Waals surface area contributed by atoms with Gasteiger partial charge in [0, 0.05) is 16.0 Å². The summed E-state index contributed by atoms with van der Waals surface area (Å²) in [7, 11) is 0. The Balaban J connectivity index is 1.61. The number of hydrogen-bond donors (Lipinski definition) is 1. The second-order valence-corrected chi connectivity index (χ2v) is 6.89. The summed E-state index contributed by atoms with van der Waals surface area (Å²) in [6.45, 7) is 0.187. The lowest BCUT2D eigenvalue weighted by Crippen LogP contribution is -2.22. The summed E-state index contributed by atoms with van der Waals surface area (Å²) in [6.07, 6.45) is -4.44. The minimum absolute atomic E-state index is 0.0964. The van der Waals surface area contributed by atoms with Gasteiger partial charge >= 0.3 is 6.18 Å². The molecule has 0 saturated heterocycles. The molecule has 1 amide bonds. The molecule has 0 radical (unpaired) electrons. The van der Waals surface area contributed by atoms with Gasteiger partial charge < -0.3 is 5.32 Å². The van der Waals surface area contributed by atoms with Crippen LogP contribution in [0.1, 0.15) is 36.0 Å². The smallest absolute Gasteiger partial charge is 0.347 e. The van der Waals surface area contributed by atoms with Crippen LogP contribution in [-0.4, -0.2) is 11.7 Å². The third kappa shape index (κ3) is 4.62. The highest BCUT2D eigenvalue weighted by atomic mass is 32.1. The van der Waals surface area contributed by atoms with Gasteiger partial charge in [-0.3, -0.25) is 9.59 Å². The van der Waals surface area contributed by atoms with E-state index in [4.69, 9.17) is 0 Å². The van der Waals surface area contributed by atoms with Gasteiger partial charge in [0.05, 0.1) is 17.0 Å². The molecular weight excluding hydrogens is 375 g/mol. The lowest BCUT2D eigenvalue weighted by molar-refractivity contribution is -0.137. The molecule has 0 unspecified atom stereocenters. The first-order chi connectivity index (χ1) is 12.8. The molecule has 0 atom stereocenters. The quantitative estimate of drug-likeness (QED) is 0.629. The second-order valence-electron chi connectivity index (χ2n) is 5.72. The molecule has 1 heterocycles. The normalized spacial score (nSPS) is 11.2. The zero-order chi connectivity index (χ0) is 19.4. The number of carbonyl (C=O) groups excluding carboxylic acids is 2. The summed E-state index contributed by atoms with van der Waals surface area (Å²) in [4.78, 5) is 25.8. The fourth-order valence-electron chi connectivity index (χ4n) is 2.41. The van der Waals surface area contributed by atoms with E-state index >= 15 is 0 Å². The van der Waals surface area contributed by atoms with Crippen molar-refractivity contribution in [2.45, 2.75) is 12.7 Å². The summed E-state index contributed by atoms with van der Waals surface area (Å²) in [5, 5.41) is 2.64. The highest BCUT2D eigenvalue weighted by Crippen LogP contribution is 2.29. The molecule has 0 aliphatic rings. The molecule has 0 fully saturated rings. The van der Waals surface area contributed by atoms with Crippen molar-refractivity contribution in [3.63, 3.8) is 0 Å². The number of carbonyl (C=O) groups is 2. The van der Waals surface area contributed by atoms with Gasteiger partial charge in [0.1, 0.15) is 0 Å². The van der Waals surface area contributed by atoms with E-state index in [-0.39, 0.29) is 17.9 Å². The lowest BCUT2D eigenvalue weighted by Gasteiger charge is -2.08. The fraction of sp³-hybridized carbons (Fsp3) is 0.100. The number of rotatable bonds is 5. The van der Waals surface area contributed by atoms with Gasteiger partial charge in [-0.25, -0.2) is 0 Å². The number of benzene rings is 2. The first-order valence-electron chi connectivity index (χ1n) is 7.98. The van der Waals surface area contributed by atoms with E-state index in [0.29, 0.717) is 10.4 Å². The van der Waals surface area contributed by atoms with Crippen LogP contribution in [0.5, 0.6) is 0 Å². The van der Waals surface area contributed by atoms with E-state index in [2.05, 4.69) is 5.32 Å². The minimum atomic E-state index is -4.44. The van der Waals surface area contributed by atoms with E-state index in [9.17, 15) is 22.8 Å². The third-order valence-electron chi connectivity index (χ3n) is 3.82. The Morgan fingerprint density at radius 2 is 1.52 bits per heavy atom. The number of ketones is 1. The topological polar surface area (TPSA) is 46.2 Å². The molecule has 0 spiro atoms. The molecule has 27 heavy (non-hydrogen) atoms. The number of halogens is 3. The standard InChI is InChI=1S/C20H14F3NO2S/c21-20(22,23)15-8-6-14(7-9-15)19(26)24-12-16-10-11-17(27-16)18(25)13-4-2-1-3-5-13/h1-11H,12H2,(H,24,26). The van der Waals surface area contributed by atoms with E-state index in [1.54, 1.807) is 36.4 Å². The van der Waals surface area contributed by atoms with E-state index < -0.39 is 17.6 Å². The van der Waals surface area contributed by atoms with E-state index in [1.807, 2.05) is 6.07 Å². The largest absolute Gasteiger partial charge is 0.416 e. The highest BCUT2D eigenvalue weighted by Gasteiger charge is 2.30. The summed E-state index contributed by atoms with van der Waals surface area (Å²) >= 11 is 1.27. The first-order valence-corrected chi connectivity index (χ1v) is 8.80. The van der Waals surface area contributed by atoms with Crippen LogP contribution in [0, 0.1) is 0 Å². The maximum Gasteiger partial charge on any atom is 0.416 e. The SMILES string of the molecule is O=C(NCc1ccc(C(=O)c2ccccc2)s1)c1ccc(C(F)(F)F)cc1. The third-order valence-corrected chi connectivity index (χ3v) is 4.90. The molecule has 138 valence electrons. The molecule has 3 aromatic rings. The lowest BCUT2D eigenvalue weighted by atomic mass is 10.1. The molecule has 2 aromatic carbocycles. The summed E-state index contributed by atoms with van der Waals surface area (Å²) < 4.78 is 37.7. The van der Waals surface area contributed by atoms with Gasteiger partial charge in [0.2, 0.25) is 5.78 Å². The monoisotopic (exact) mass is 389 g/mol. The second kappa shape index (κ2) is 7.75. The maximum atomic E-state index is 12.6. The van der Waals surface area contributed by atoms with Crippen LogP contribution in [0.2, 0.25) is 0 Å². The molecule has 3 nitrogen and oxygen atoms in total. The van der Waals surface area contributed by atoms with Crippen molar-refractivity contribution in [3.05, 3.63) is 93.2 Å². The summed E-state index contributed by atoms with van der Waals surface area (Å²) in [5.74, 6) is -0.575. The van der Waals surface area contributed by atoms with Gasteiger partial charge in [-0.1, -0.05) is 30.3 Å². The molecule has 0 aliphatic heterocycles. The predicted molar refractivity (Wildman–Crippen MR) is 96.8 cm³/mol. The van der Waals surface area contributed by atoms with Crippen molar-refractivity contribution in [3.8, 4) is 0 Å². The van der Waals surface area contributed by atoms with Crippen LogP contribution in [-0.2, 0) is 12.7 Å². The van der Waals surface area contributed by atoms with Crippen molar-refractivity contribution < 1.29 is 22.8 Å². The van der Waals surface area contributed by atoms with Gasteiger partial charge in [-0.05, 0) is 36.4 Å². The molecular formula is C20H14F3NO2S. The van der Waals surface area contributed by atoms with Crippen molar-refractivity contribution in [2.75, 3.05) is 0 Å². The maximum absolute atomic E-state index is 12.6. The van der Waals surface area contributed by atoms with Crippen LogP contribution < -0.4 is 5.32 Å². The Labute approximate surface area is 157 Å². The molecule has 3 rings (SSSR count). The zero-order valence-electron chi connectivity index (χ0n) is 13.9. The van der Waals surface area contributed by atoms with Crippen LogP contribution >= 0.6 is 11.3 Å². The minimum Gasteiger partial charge on any atom is -0.347 e. The van der Waals surface area contributed by atoms with Gasteiger partial charge in [0.25, 0.3) is 5.91 Å². The van der Waals surface area contributed by atoms with Gasteiger partial charge in [0.15, 0.2) is 0 Å². The molecule has 0 bridgehead atoms.